The lowest BCUT2D eigenvalue weighted by Crippen LogP contribution is -2.13. The van der Waals surface area contributed by atoms with Crippen LogP contribution in [-0.2, 0) is 10.0 Å². The van der Waals surface area contributed by atoms with E-state index in [0.717, 1.165) is 11.7 Å². The van der Waals surface area contributed by atoms with Crippen molar-refractivity contribution in [1.29, 1.82) is 0 Å². The maximum atomic E-state index is 12.6. The molecule has 4 rings (SSSR count). The van der Waals surface area contributed by atoms with Crippen LogP contribution in [0.5, 0.6) is 11.5 Å². The van der Waals surface area contributed by atoms with Crippen molar-refractivity contribution in [2.45, 2.75) is 4.90 Å². The summed E-state index contributed by atoms with van der Waals surface area (Å²) in [6, 6.07) is 9.71. The molecular formula is C13H9N3O4S2. The smallest absolute Gasteiger partial charge is 0.264 e. The summed E-state index contributed by atoms with van der Waals surface area (Å²) in [6.07, 6.45) is 0. The SMILES string of the molecule is O=S(=O)(Nc1ccc2c(c1)OCO2)c1cccc2nsnc12. The Bertz CT molecular complexity index is 968. The van der Waals surface area contributed by atoms with Gasteiger partial charge in [0.2, 0.25) is 6.79 Å². The van der Waals surface area contributed by atoms with Crippen molar-refractivity contribution < 1.29 is 17.9 Å². The van der Waals surface area contributed by atoms with Gasteiger partial charge < -0.3 is 9.47 Å². The Kier molecular flexibility index (Phi) is 2.91. The molecule has 0 aliphatic carbocycles. The van der Waals surface area contributed by atoms with Crippen molar-refractivity contribution in [2.75, 3.05) is 11.5 Å². The van der Waals surface area contributed by atoms with E-state index in [4.69, 9.17) is 9.47 Å². The summed E-state index contributed by atoms with van der Waals surface area (Å²) in [5.41, 5.74) is 1.31. The highest BCUT2D eigenvalue weighted by Gasteiger charge is 2.21. The summed E-state index contributed by atoms with van der Waals surface area (Å²) in [6.45, 7) is 0.134. The molecule has 0 saturated heterocycles. The maximum absolute atomic E-state index is 12.6. The van der Waals surface area contributed by atoms with E-state index in [1.165, 1.54) is 6.07 Å². The van der Waals surface area contributed by atoms with Crippen LogP contribution >= 0.6 is 11.7 Å². The number of fused-ring (bicyclic) bond motifs is 2. The molecule has 22 heavy (non-hydrogen) atoms. The lowest BCUT2D eigenvalue weighted by atomic mass is 10.3. The first-order valence-electron chi connectivity index (χ1n) is 6.27. The van der Waals surface area contributed by atoms with Crippen molar-refractivity contribution in [3.8, 4) is 11.5 Å². The van der Waals surface area contributed by atoms with Crippen LogP contribution in [0.15, 0.2) is 41.3 Å². The van der Waals surface area contributed by atoms with Crippen molar-refractivity contribution >= 4 is 38.5 Å². The molecule has 1 aliphatic rings. The fraction of sp³-hybridized carbons (Fsp3) is 0.0769. The second-order valence-corrected chi connectivity index (χ2v) is 6.74. The minimum Gasteiger partial charge on any atom is -0.454 e. The predicted octanol–water partition coefficient (Wildman–Crippen LogP) is 2.22. The topological polar surface area (TPSA) is 90.4 Å². The van der Waals surface area contributed by atoms with E-state index in [-0.39, 0.29) is 11.7 Å². The van der Waals surface area contributed by atoms with Crippen molar-refractivity contribution in [3.63, 3.8) is 0 Å². The van der Waals surface area contributed by atoms with E-state index in [2.05, 4.69) is 13.5 Å². The Morgan fingerprint density at radius 1 is 1.09 bits per heavy atom. The van der Waals surface area contributed by atoms with E-state index < -0.39 is 10.0 Å². The first kappa shape index (κ1) is 13.3. The van der Waals surface area contributed by atoms with Crippen LogP contribution in [0.3, 0.4) is 0 Å². The minimum absolute atomic E-state index is 0.0939. The summed E-state index contributed by atoms with van der Waals surface area (Å²) in [5, 5.41) is 0. The average molecular weight is 335 g/mol. The van der Waals surface area contributed by atoms with E-state index in [9.17, 15) is 8.42 Å². The van der Waals surface area contributed by atoms with E-state index in [1.54, 1.807) is 30.3 Å². The Morgan fingerprint density at radius 2 is 1.95 bits per heavy atom. The van der Waals surface area contributed by atoms with Gasteiger partial charge in [0.25, 0.3) is 10.0 Å². The Hall–Kier alpha value is -2.39. The number of aromatic nitrogens is 2. The molecular weight excluding hydrogens is 326 g/mol. The summed E-state index contributed by atoms with van der Waals surface area (Å²) in [4.78, 5) is 0.0939. The number of ether oxygens (including phenoxy) is 2. The quantitative estimate of drug-likeness (QED) is 0.789. The zero-order valence-corrected chi connectivity index (χ0v) is 12.6. The van der Waals surface area contributed by atoms with Crippen LogP contribution in [0.1, 0.15) is 0 Å². The van der Waals surface area contributed by atoms with E-state index >= 15 is 0 Å². The van der Waals surface area contributed by atoms with Crippen LogP contribution in [0, 0.1) is 0 Å². The lowest BCUT2D eigenvalue weighted by Gasteiger charge is -2.09. The van der Waals surface area contributed by atoms with Crippen molar-refractivity contribution in [3.05, 3.63) is 36.4 Å². The average Bonchev–Trinajstić information content (AvgIpc) is 3.14. The number of nitrogens with zero attached hydrogens (tertiary/aromatic N) is 2. The van der Waals surface area contributed by atoms with Gasteiger partial charge in [-0.1, -0.05) is 6.07 Å². The number of nitrogens with one attached hydrogen (secondary N) is 1. The Morgan fingerprint density at radius 3 is 2.86 bits per heavy atom. The third-order valence-electron chi connectivity index (χ3n) is 3.16. The highest BCUT2D eigenvalue weighted by molar-refractivity contribution is 7.93. The second kappa shape index (κ2) is 4.82. The first-order chi connectivity index (χ1) is 10.6. The molecule has 0 bridgehead atoms. The van der Waals surface area contributed by atoms with Gasteiger partial charge in [-0.3, -0.25) is 4.72 Å². The molecule has 0 radical (unpaired) electrons. The molecule has 2 aromatic carbocycles. The van der Waals surface area contributed by atoms with Gasteiger partial charge in [0.1, 0.15) is 15.9 Å². The fourth-order valence-corrected chi connectivity index (χ4v) is 3.99. The number of hydrogen-bond acceptors (Lipinski definition) is 7. The Labute approximate surface area is 129 Å². The van der Waals surface area contributed by atoms with Crippen LogP contribution in [0.4, 0.5) is 5.69 Å². The second-order valence-electron chi connectivity index (χ2n) is 4.56. The molecule has 0 spiro atoms. The van der Waals surface area contributed by atoms with Crippen LogP contribution in [0.25, 0.3) is 11.0 Å². The van der Waals surface area contributed by atoms with Gasteiger partial charge in [0, 0.05) is 6.07 Å². The number of sulfonamides is 1. The highest BCUT2D eigenvalue weighted by Crippen LogP contribution is 2.35. The number of benzene rings is 2. The van der Waals surface area contributed by atoms with Gasteiger partial charge in [0.05, 0.1) is 17.4 Å². The monoisotopic (exact) mass is 335 g/mol. The first-order valence-corrected chi connectivity index (χ1v) is 8.49. The Balaban J connectivity index is 1.74. The predicted molar refractivity (Wildman–Crippen MR) is 80.8 cm³/mol. The molecule has 112 valence electrons. The fourth-order valence-electron chi connectivity index (χ4n) is 2.17. The van der Waals surface area contributed by atoms with Gasteiger partial charge in [0.15, 0.2) is 11.5 Å². The van der Waals surface area contributed by atoms with Gasteiger partial charge in [-0.15, -0.1) is 0 Å². The summed E-state index contributed by atoms with van der Waals surface area (Å²) >= 11 is 0.977. The lowest BCUT2D eigenvalue weighted by molar-refractivity contribution is 0.174. The molecule has 0 unspecified atom stereocenters. The molecule has 0 amide bonds. The number of hydrogen-bond donors (Lipinski definition) is 1. The molecule has 0 atom stereocenters. The molecule has 1 N–H and O–H groups in total. The van der Waals surface area contributed by atoms with Gasteiger partial charge in [-0.05, 0) is 24.3 Å². The molecule has 1 aromatic heterocycles. The molecule has 2 heterocycles. The number of anilines is 1. The van der Waals surface area contributed by atoms with E-state index in [1.807, 2.05) is 0 Å². The van der Waals surface area contributed by atoms with Gasteiger partial charge in [-0.25, -0.2) is 8.42 Å². The molecule has 7 nitrogen and oxygen atoms in total. The minimum atomic E-state index is -3.77. The van der Waals surface area contributed by atoms with Crippen LogP contribution in [0.2, 0.25) is 0 Å². The molecule has 0 saturated carbocycles. The van der Waals surface area contributed by atoms with Crippen LogP contribution < -0.4 is 14.2 Å². The molecule has 0 fully saturated rings. The summed E-state index contributed by atoms with van der Waals surface area (Å²) in [5.74, 6) is 1.10. The van der Waals surface area contributed by atoms with E-state index in [0.29, 0.717) is 28.2 Å². The normalized spacial score (nSPS) is 13.5. The number of rotatable bonds is 3. The molecule has 9 heteroatoms. The van der Waals surface area contributed by atoms with Crippen molar-refractivity contribution in [1.82, 2.24) is 8.75 Å². The maximum Gasteiger partial charge on any atom is 0.264 e. The molecule has 1 aliphatic heterocycles. The third-order valence-corrected chi connectivity index (χ3v) is 5.12. The van der Waals surface area contributed by atoms with Crippen molar-refractivity contribution in [2.24, 2.45) is 0 Å². The summed E-state index contributed by atoms with van der Waals surface area (Å²) < 4.78 is 46.2. The summed E-state index contributed by atoms with van der Waals surface area (Å²) in [7, 11) is -3.77. The van der Waals surface area contributed by atoms with Gasteiger partial charge in [-0.2, -0.15) is 8.75 Å². The molecule has 3 aromatic rings. The standard InChI is InChI=1S/C13H9N3O4S2/c17-22(18,12-3-1-2-9-13(12)15-21-14-9)16-8-4-5-10-11(6-8)20-7-19-10/h1-6,16H,7H2. The zero-order valence-electron chi connectivity index (χ0n) is 11.0. The zero-order chi connectivity index (χ0) is 15.2. The third kappa shape index (κ3) is 2.14. The highest BCUT2D eigenvalue weighted by atomic mass is 32.2. The largest absolute Gasteiger partial charge is 0.454 e. The van der Waals surface area contributed by atoms with Crippen LogP contribution in [-0.4, -0.2) is 24.0 Å². The van der Waals surface area contributed by atoms with Gasteiger partial charge >= 0.3 is 0 Å².